The zero-order chi connectivity index (χ0) is 18.5. The second-order valence-corrected chi connectivity index (χ2v) is 6.49. The van der Waals surface area contributed by atoms with Crippen molar-refractivity contribution in [3.63, 3.8) is 0 Å². The van der Waals surface area contributed by atoms with E-state index in [4.69, 9.17) is 0 Å². The fourth-order valence-corrected chi connectivity index (χ4v) is 3.11. The molecular weight excluding hydrogens is 332 g/mol. The Morgan fingerprint density at radius 3 is 2.46 bits per heavy atom. The lowest BCUT2D eigenvalue weighted by Crippen LogP contribution is -2.38. The van der Waals surface area contributed by atoms with Gasteiger partial charge in [-0.1, -0.05) is 6.92 Å². The number of nitrogens with zero attached hydrogens (tertiary/aromatic N) is 4. The maximum absolute atomic E-state index is 12.8. The summed E-state index contributed by atoms with van der Waals surface area (Å²) in [6.45, 7) is 5.25. The number of imidazole rings is 1. The molecule has 3 rings (SSSR count). The van der Waals surface area contributed by atoms with E-state index in [0.29, 0.717) is 25.3 Å². The Morgan fingerprint density at radius 1 is 1.15 bits per heavy atom. The molecule has 1 fully saturated rings. The molecule has 2 aromatic rings. The van der Waals surface area contributed by atoms with E-state index in [9.17, 15) is 9.59 Å². The number of carbonyl (C=O) groups excluding carboxylic acids is 2. The number of likely N-dealkylation sites (tertiary alicyclic amines) is 1. The maximum atomic E-state index is 12.8. The smallest absolute Gasteiger partial charge is 0.274 e. The molecule has 2 aromatic heterocycles. The quantitative estimate of drug-likeness (QED) is 0.853. The molecule has 1 atom stereocenters. The number of piperidine rings is 1. The third-order valence-corrected chi connectivity index (χ3v) is 4.53. The third kappa shape index (κ3) is 3.89. The number of aromatic nitrogens is 4. The molecule has 0 bridgehead atoms. The molecule has 0 aliphatic carbocycles. The summed E-state index contributed by atoms with van der Waals surface area (Å²) in [6.07, 6.45) is 8.33. The summed E-state index contributed by atoms with van der Waals surface area (Å²) in [4.78, 5) is 43.0. The number of nitrogens with one attached hydrogen (secondary N) is 2. The first-order chi connectivity index (χ1) is 12.6. The predicted octanol–water partition coefficient (Wildman–Crippen LogP) is 2.02. The first-order valence-electron chi connectivity index (χ1n) is 9.02. The van der Waals surface area contributed by atoms with Crippen LogP contribution < -0.4 is 5.32 Å². The highest BCUT2D eigenvalue weighted by Crippen LogP contribution is 2.16. The molecule has 1 aliphatic rings. The second-order valence-electron chi connectivity index (χ2n) is 6.49. The summed E-state index contributed by atoms with van der Waals surface area (Å²) in [5.41, 5.74) is 1.09. The Bertz CT molecular complexity index is 781. The van der Waals surface area contributed by atoms with Crippen LogP contribution in [0.4, 0.5) is 0 Å². The molecule has 8 nitrogen and oxygen atoms in total. The summed E-state index contributed by atoms with van der Waals surface area (Å²) in [6, 6.07) is -0.281. The van der Waals surface area contributed by atoms with Gasteiger partial charge in [-0.2, -0.15) is 0 Å². The fourth-order valence-electron chi connectivity index (χ4n) is 3.11. The van der Waals surface area contributed by atoms with E-state index in [1.165, 1.54) is 12.4 Å². The monoisotopic (exact) mass is 356 g/mol. The Hall–Kier alpha value is -2.77. The molecule has 2 amide bonds. The summed E-state index contributed by atoms with van der Waals surface area (Å²) in [5.74, 6) is 0.0374. The van der Waals surface area contributed by atoms with Gasteiger partial charge in [0.15, 0.2) is 11.4 Å². The lowest BCUT2D eigenvalue weighted by molar-refractivity contribution is 0.0710. The number of aryl methyl sites for hydroxylation is 1. The number of aromatic amines is 1. The van der Waals surface area contributed by atoms with Crippen molar-refractivity contribution in [3.05, 3.63) is 41.5 Å². The minimum atomic E-state index is -0.417. The van der Waals surface area contributed by atoms with Crippen molar-refractivity contribution in [1.29, 1.82) is 0 Å². The van der Waals surface area contributed by atoms with E-state index >= 15 is 0 Å². The van der Waals surface area contributed by atoms with Crippen molar-refractivity contribution in [3.8, 4) is 0 Å². The molecule has 8 heteroatoms. The lowest BCUT2D eigenvalue weighted by Gasteiger charge is -2.26. The number of amides is 2. The van der Waals surface area contributed by atoms with Crippen LogP contribution >= 0.6 is 0 Å². The molecule has 2 N–H and O–H groups in total. The van der Waals surface area contributed by atoms with Crippen molar-refractivity contribution in [2.24, 2.45) is 0 Å². The Morgan fingerprint density at radius 2 is 1.85 bits per heavy atom. The topological polar surface area (TPSA) is 104 Å². The molecule has 3 heterocycles. The minimum Gasteiger partial charge on any atom is -0.344 e. The van der Waals surface area contributed by atoms with Crippen LogP contribution in [0.1, 0.15) is 71.1 Å². The van der Waals surface area contributed by atoms with Gasteiger partial charge in [0.2, 0.25) is 0 Å². The van der Waals surface area contributed by atoms with E-state index in [1.807, 2.05) is 13.8 Å². The molecule has 0 saturated carbocycles. The van der Waals surface area contributed by atoms with Gasteiger partial charge in [0.25, 0.3) is 11.8 Å². The summed E-state index contributed by atoms with van der Waals surface area (Å²) in [7, 11) is 0. The molecule has 1 saturated heterocycles. The summed E-state index contributed by atoms with van der Waals surface area (Å²) >= 11 is 0. The van der Waals surface area contributed by atoms with Crippen molar-refractivity contribution >= 4 is 11.8 Å². The van der Waals surface area contributed by atoms with Crippen molar-refractivity contribution in [2.45, 2.75) is 45.6 Å². The van der Waals surface area contributed by atoms with Crippen molar-refractivity contribution in [2.75, 3.05) is 13.1 Å². The summed E-state index contributed by atoms with van der Waals surface area (Å²) < 4.78 is 0. The van der Waals surface area contributed by atoms with Gasteiger partial charge in [-0.3, -0.25) is 9.59 Å². The number of hydrogen-bond acceptors (Lipinski definition) is 5. The van der Waals surface area contributed by atoms with Gasteiger partial charge < -0.3 is 15.2 Å². The molecule has 138 valence electrons. The van der Waals surface area contributed by atoms with Gasteiger partial charge in [0, 0.05) is 37.4 Å². The van der Waals surface area contributed by atoms with Crippen molar-refractivity contribution in [1.82, 2.24) is 30.2 Å². The molecule has 1 aliphatic heterocycles. The van der Waals surface area contributed by atoms with Gasteiger partial charge in [-0.15, -0.1) is 0 Å². The molecule has 0 spiro atoms. The van der Waals surface area contributed by atoms with Crippen LogP contribution in [0.15, 0.2) is 18.6 Å². The Balaban J connectivity index is 1.79. The lowest BCUT2D eigenvalue weighted by atomic mass is 10.1. The fraction of sp³-hybridized carbons (Fsp3) is 0.500. The highest BCUT2D eigenvalue weighted by Gasteiger charge is 2.27. The van der Waals surface area contributed by atoms with Crippen LogP contribution in [-0.2, 0) is 0 Å². The number of hydrogen-bond donors (Lipinski definition) is 2. The van der Waals surface area contributed by atoms with Crippen LogP contribution in [0.3, 0.4) is 0 Å². The van der Waals surface area contributed by atoms with E-state index in [-0.39, 0.29) is 23.3 Å². The normalized spacial score (nSPS) is 15.5. The number of carbonyl (C=O) groups is 2. The molecule has 0 aromatic carbocycles. The van der Waals surface area contributed by atoms with E-state index < -0.39 is 5.91 Å². The maximum Gasteiger partial charge on any atom is 0.274 e. The Kier molecular flexibility index (Phi) is 5.60. The largest absolute Gasteiger partial charge is 0.344 e. The highest BCUT2D eigenvalue weighted by atomic mass is 16.2. The second kappa shape index (κ2) is 8.07. The van der Waals surface area contributed by atoms with Crippen LogP contribution in [-0.4, -0.2) is 49.7 Å². The van der Waals surface area contributed by atoms with E-state index in [1.54, 1.807) is 11.1 Å². The number of rotatable bonds is 5. The first kappa shape index (κ1) is 18.0. The van der Waals surface area contributed by atoms with Crippen LogP contribution in [0, 0.1) is 6.92 Å². The molecule has 0 unspecified atom stereocenters. The zero-order valence-electron chi connectivity index (χ0n) is 15.2. The van der Waals surface area contributed by atoms with Gasteiger partial charge >= 0.3 is 0 Å². The van der Waals surface area contributed by atoms with Crippen LogP contribution in [0.25, 0.3) is 0 Å². The third-order valence-electron chi connectivity index (χ3n) is 4.53. The SMILES string of the molecule is CC[C@@H](NC(=O)c1nccnc1C(=O)N1CCCCC1)c1ncc(C)[nH]1. The van der Waals surface area contributed by atoms with Gasteiger partial charge in [0.1, 0.15) is 5.82 Å². The van der Waals surface area contributed by atoms with E-state index in [2.05, 4.69) is 25.3 Å². The average molecular weight is 356 g/mol. The van der Waals surface area contributed by atoms with Gasteiger partial charge in [-0.05, 0) is 32.6 Å². The van der Waals surface area contributed by atoms with Crippen molar-refractivity contribution < 1.29 is 9.59 Å². The molecule has 0 radical (unpaired) electrons. The van der Waals surface area contributed by atoms with Gasteiger partial charge in [-0.25, -0.2) is 15.0 Å². The first-order valence-corrected chi connectivity index (χ1v) is 9.02. The van der Waals surface area contributed by atoms with Gasteiger partial charge in [0.05, 0.1) is 6.04 Å². The molecule has 26 heavy (non-hydrogen) atoms. The van der Waals surface area contributed by atoms with E-state index in [0.717, 1.165) is 25.0 Å². The average Bonchev–Trinajstić information content (AvgIpc) is 3.12. The standard InChI is InChI=1S/C18H24N6O2/c1-3-13(16-21-11-12(2)22-16)23-17(25)14-15(20-8-7-19-14)18(26)24-9-5-4-6-10-24/h7-8,11,13H,3-6,9-10H2,1-2H3,(H,21,22)(H,23,25)/t13-/m1/s1. The zero-order valence-corrected chi connectivity index (χ0v) is 15.2. The van der Waals surface area contributed by atoms with Crippen LogP contribution in [0.5, 0.6) is 0 Å². The van der Waals surface area contributed by atoms with Crippen LogP contribution in [0.2, 0.25) is 0 Å². The minimum absolute atomic E-state index is 0.0600. The molecular formula is C18H24N6O2. The summed E-state index contributed by atoms with van der Waals surface area (Å²) in [5, 5.41) is 2.90. The Labute approximate surface area is 152 Å². The predicted molar refractivity (Wildman–Crippen MR) is 95.6 cm³/mol. The highest BCUT2D eigenvalue weighted by molar-refractivity contribution is 6.04. The number of H-pyrrole nitrogens is 1.